The average molecular weight is 168 g/mol. The van der Waals surface area contributed by atoms with Gasteiger partial charge in [0.15, 0.2) is 0 Å². The summed E-state index contributed by atoms with van der Waals surface area (Å²) in [4.78, 5) is 25.1. The molecule has 0 saturated heterocycles. The molecule has 0 unspecified atom stereocenters. The summed E-state index contributed by atoms with van der Waals surface area (Å²) in [7, 11) is 0. The van der Waals surface area contributed by atoms with E-state index in [9.17, 15) is 9.59 Å². The van der Waals surface area contributed by atoms with Crippen LogP contribution in [0.15, 0.2) is 17.2 Å². The third kappa shape index (κ3) is 1.69. The molecule has 0 atom stereocenters. The standard InChI is InChI=1S/C7H8N2O3/c1-5-7(12)9(3-2-8-5)4-6(10)11/h2-3H,4H2,1H3,(H,10,11). The molecule has 1 aromatic heterocycles. The molecule has 0 aliphatic rings. The predicted molar refractivity (Wildman–Crippen MR) is 40.9 cm³/mol. The SMILES string of the molecule is Cc1nccn(CC(=O)O)c1=O. The largest absolute Gasteiger partial charge is 0.480 e. The van der Waals surface area contributed by atoms with Crippen molar-refractivity contribution in [3.63, 3.8) is 0 Å². The van der Waals surface area contributed by atoms with Crippen LogP contribution in [0.5, 0.6) is 0 Å². The number of carbonyl (C=O) groups is 1. The van der Waals surface area contributed by atoms with Crippen LogP contribution in [0, 0.1) is 6.92 Å². The first-order valence-corrected chi connectivity index (χ1v) is 3.35. The average Bonchev–Trinajstić information content (AvgIpc) is 1.98. The van der Waals surface area contributed by atoms with E-state index in [0.29, 0.717) is 5.69 Å². The summed E-state index contributed by atoms with van der Waals surface area (Å²) in [6.45, 7) is 1.23. The first kappa shape index (κ1) is 8.45. The molecular formula is C7H8N2O3. The van der Waals surface area contributed by atoms with Gasteiger partial charge in [-0.25, -0.2) is 0 Å². The number of carboxylic acid groups (broad SMARTS) is 1. The summed E-state index contributed by atoms with van der Waals surface area (Å²) in [5.41, 5.74) is -0.0568. The van der Waals surface area contributed by atoms with Crippen molar-refractivity contribution in [3.8, 4) is 0 Å². The first-order chi connectivity index (χ1) is 5.61. The van der Waals surface area contributed by atoms with Crippen LogP contribution in [0.4, 0.5) is 0 Å². The normalized spacial score (nSPS) is 9.75. The highest BCUT2D eigenvalue weighted by molar-refractivity contribution is 5.66. The monoisotopic (exact) mass is 168 g/mol. The molecule has 1 rings (SSSR count). The van der Waals surface area contributed by atoms with Crippen LogP contribution in [0.3, 0.4) is 0 Å². The molecule has 0 radical (unpaired) electrons. The van der Waals surface area contributed by atoms with Crippen LogP contribution >= 0.6 is 0 Å². The molecule has 1 N–H and O–H groups in total. The van der Waals surface area contributed by atoms with E-state index in [-0.39, 0.29) is 12.1 Å². The zero-order chi connectivity index (χ0) is 9.14. The Kier molecular flexibility index (Phi) is 2.23. The quantitative estimate of drug-likeness (QED) is 0.654. The van der Waals surface area contributed by atoms with Crippen molar-refractivity contribution >= 4 is 5.97 Å². The summed E-state index contributed by atoms with van der Waals surface area (Å²) in [5.74, 6) is -1.04. The zero-order valence-corrected chi connectivity index (χ0v) is 6.52. The maximum atomic E-state index is 11.1. The second kappa shape index (κ2) is 3.17. The van der Waals surface area contributed by atoms with E-state index in [0.717, 1.165) is 4.57 Å². The van der Waals surface area contributed by atoms with E-state index < -0.39 is 5.97 Å². The van der Waals surface area contributed by atoms with Crippen LogP contribution < -0.4 is 5.56 Å². The third-order valence-electron chi connectivity index (χ3n) is 1.39. The van der Waals surface area contributed by atoms with E-state index in [2.05, 4.69) is 4.98 Å². The van der Waals surface area contributed by atoms with Crippen molar-refractivity contribution in [2.45, 2.75) is 13.5 Å². The lowest BCUT2D eigenvalue weighted by Crippen LogP contribution is -2.25. The zero-order valence-electron chi connectivity index (χ0n) is 6.52. The Hall–Kier alpha value is -1.65. The fourth-order valence-corrected chi connectivity index (χ4v) is 0.827. The summed E-state index contributed by atoms with van der Waals surface area (Å²) < 4.78 is 1.10. The topological polar surface area (TPSA) is 72.2 Å². The minimum Gasteiger partial charge on any atom is -0.480 e. The van der Waals surface area contributed by atoms with Gasteiger partial charge < -0.3 is 9.67 Å². The molecule has 5 nitrogen and oxygen atoms in total. The van der Waals surface area contributed by atoms with E-state index in [1.54, 1.807) is 6.92 Å². The number of rotatable bonds is 2. The second-order valence-electron chi connectivity index (χ2n) is 2.34. The van der Waals surface area contributed by atoms with Gasteiger partial charge in [-0.2, -0.15) is 0 Å². The molecule has 5 heteroatoms. The lowest BCUT2D eigenvalue weighted by molar-refractivity contribution is -0.137. The van der Waals surface area contributed by atoms with Crippen molar-refractivity contribution in [1.29, 1.82) is 0 Å². The lowest BCUT2D eigenvalue weighted by atomic mass is 10.5. The Morgan fingerprint density at radius 2 is 2.42 bits per heavy atom. The van der Waals surface area contributed by atoms with Gasteiger partial charge >= 0.3 is 5.97 Å². The third-order valence-corrected chi connectivity index (χ3v) is 1.39. The van der Waals surface area contributed by atoms with Crippen molar-refractivity contribution in [2.24, 2.45) is 0 Å². The van der Waals surface area contributed by atoms with Crippen molar-refractivity contribution < 1.29 is 9.90 Å². The molecule has 0 amide bonds. The number of hydrogen-bond acceptors (Lipinski definition) is 3. The van der Waals surface area contributed by atoms with Gasteiger partial charge in [0.2, 0.25) is 0 Å². The van der Waals surface area contributed by atoms with E-state index in [4.69, 9.17) is 5.11 Å². The number of aliphatic carboxylic acids is 1. The summed E-state index contributed by atoms with van der Waals surface area (Å²) >= 11 is 0. The molecule has 0 aliphatic heterocycles. The Labute approximate surface area is 68.3 Å². The van der Waals surface area contributed by atoms with Crippen molar-refractivity contribution in [2.75, 3.05) is 0 Å². The fraction of sp³-hybridized carbons (Fsp3) is 0.286. The van der Waals surface area contributed by atoms with Gasteiger partial charge in [-0.15, -0.1) is 0 Å². The first-order valence-electron chi connectivity index (χ1n) is 3.35. The Balaban J connectivity index is 3.09. The molecule has 0 saturated carbocycles. The maximum Gasteiger partial charge on any atom is 0.323 e. The Morgan fingerprint density at radius 1 is 1.75 bits per heavy atom. The van der Waals surface area contributed by atoms with Crippen LogP contribution in [-0.2, 0) is 11.3 Å². The molecular weight excluding hydrogens is 160 g/mol. The second-order valence-corrected chi connectivity index (χ2v) is 2.34. The van der Waals surface area contributed by atoms with E-state index in [1.165, 1.54) is 12.4 Å². The van der Waals surface area contributed by atoms with Crippen molar-refractivity contribution in [1.82, 2.24) is 9.55 Å². The van der Waals surface area contributed by atoms with Crippen LogP contribution in [0.2, 0.25) is 0 Å². The number of aromatic nitrogens is 2. The van der Waals surface area contributed by atoms with Gasteiger partial charge in [0, 0.05) is 12.4 Å². The molecule has 0 aliphatic carbocycles. The maximum absolute atomic E-state index is 11.1. The number of carboxylic acids is 1. The summed E-state index contributed by atoms with van der Waals surface area (Å²) in [5, 5.41) is 8.40. The van der Waals surface area contributed by atoms with Gasteiger partial charge in [-0.1, -0.05) is 0 Å². The highest BCUT2D eigenvalue weighted by Gasteiger charge is 2.02. The Morgan fingerprint density at radius 3 is 3.00 bits per heavy atom. The van der Waals surface area contributed by atoms with Crippen LogP contribution in [0.1, 0.15) is 5.69 Å². The minimum atomic E-state index is -1.04. The minimum absolute atomic E-state index is 0.304. The van der Waals surface area contributed by atoms with Gasteiger partial charge in [0.1, 0.15) is 12.2 Å². The van der Waals surface area contributed by atoms with Gasteiger partial charge in [0.05, 0.1) is 0 Å². The van der Waals surface area contributed by atoms with Gasteiger partial charge in [-0.3, -0.25) is 14.6 Å². The molecule has 12 heavy (non-hydrogen) atoms. The molecule has 0 spiro atoms. The van der Waals surface area contributed by atoms with E-state index >= 15 is 0 Å². The van der Waals surface area contributed by atoms with Crippen LogP contribution in [-0.4, -0.2) is 20.6 Å². The van der Waals surface area contributed by atoms with Crippen molar-refractivity contribution in [3.05, 3.63) is 28.4 Å². The molecule has 64 valence electrons. The smallest absolute Gasteiger partial charge is 0.323 e. The highest BCUT2D eigenvalue weighted by Crippen LogP contribution is 1.83. The highest BCUT2D eigenvalue weighted by atomic mass is 16.4. The molecule has 1 heterocycles. The van der Waals surface area contributed by atoms with Gasteiger partial charge in [-0.05, 0) is 6.92 Å². The predicted octanol–water partition coefficient (Wildman–Crippen LogP) is -0.364. The molecule has 0 aromatic carbocycles. The summed E-state index contributed by atoms with van der Waals surface area (Å²) in [6.07, 6.45) is 2.75. The van der Waals surface area contributed by atoms with Crippen LogP contribution in [0.25, 0.3) is 0 Å². The number of nitrogens with zero attached hydrogens (tertiary/aromatic N) is 2. The molecule has 0 fully saturated rings. The summed E-state index contributed by atoms with van der Waals surface area (Å²) in [6, 6.07) is 0. The number of aryl methyl sites for hydroxylation is 1. The lowest BCUT2D eigenvalue weighted by Gasteiger charge is -2.00. The molecule has 0 bridgehead atoms. The van der Waals surface area contributed by atoms with Gasteiger partial charge in [0.25, 0.3) is 5.56 Å². The van der Waals surface area contributed by atoms with E-state index in [1.807, 2.05) is 0 Å². The molecule has 1 aromatic rings. The number of hydrogen-bond donors (Lipinski definition) is 1. The fourth-order valence-electron chi connectivity index (χ4n) is 0.827. The Bertz CT molecular complexity index is 356.